The Balaban J connectivity index is 1.73. The van der Waals surface area contributed by atoms with Crippen LogP contribution in [0.15, 0.2) is 67.7 Å². The van der Waals surface area contributed by atoms with Crippen LogP contribution >= 0.6 is 22.7 Å². The number of rotatable bonds is 4. The standard InChI is InChI=1S/C22H10N2O8S2/c25-17-13-14(18(26)23(17)11-5-1-9(2-6-11)21(29)30)34-16-15(33-13)19(27)24(20(16)28)12-7-3-10(4-8-12)22(31)32/h1-8H,(H,29,30)(H,31,32). The van der Waals surface area contributed by atoms with Gasteiger partial charge in [0.1, 0.15) is 18.8 Å². The van der Waals surface area contributed by atoms with Gasteiger partial charge in [0, 0.05) is 0 Å². The van der Waals surface area contributed by atoms with Gasteiger partial charge < -0.3 is 10.2 Å². The molecule has 0 unspecified atom stereocenters. The van der Waals surface area contributed by atoms with Crippen molar-refractivity contribution in [3.05, 3.63) is 101 Å². The van der Waals surface area contributed by atoms with E-state index in [2.05, 4.69) is 0 Å². The van der Waals surface area contributed by atoms with Gasteiger partial charge in [-0.3, -0.25) is 19.2 Å². The van der Waals surface area contributed by atoms with Crippen LogP contribution in [0.4, 0.5) is 0 Å². The molecule has 3 aromatic heterocycles. The van der Waals surface area contributed by atoms with Crippen molar-refractivity contribution >= 4 is 53.4 Å². The van der Waals surface area contributed by atoms with Gasteiger partial charge in [0.2, 0.25) is 0 Å². The quantitative estimate of drug-likeness (QED) is 0.385. The topological polar surface area (TPSA) is 153 Å². The Bertz CT molecular complexity index is 1660. The number of benzene rings is 2. The molecule has 0 fully saturated rings. The predicted octanol–water partition coefficient (Wildman–Crippen LogP) is 1.97. The Labute approximate surface area is 194 Å². The smallest absolute Gasteiger partial charge is 0.335 e. The van der Waals surface area contributed by atoms with Crippen LogP contribution in [0.3, 0.4) is 0 Å². The molecule has 0 saturated heterocycles. The highest BCUT2D eigenvalue weighted by Crippen LogP contribution is 2.27. The van der Waals surface area contributed by atoms with Crippen LogP contribution in [0.2, 0.25) is 0 Å². The molecule has 0 aliphatic rings. The van der Waals surface area contributed by atoms with Gasteiger partial charge in [-0.2, -0.15) is 0 Å². The second-order valence-corrected chi connectivity index (χ2v) is 9.16. The second kappa shape index (κ2) is 7.57. The maximum Gasteiger partial charge on any atom is 0.335 e. The second-order valence-electron chi connectivity index (χ2n) is 7.12. The summed E-state index contributed by atoms with van der Waals surface area (Å²) in [5.41, 5.74) is -2.45. The van der Waals surface area contributed by atoms with Crippen LogP contribution in [0.1, 0.15) is 20.7 Å². The minimum atomic E-state index is -1.16. The average Bonchev–Trinajstić information content (AvgIpc) is 3.22. The lowest BCUT2D eigenvalue weighted by Gasteiger charge is -2.00. The molecule has 2 aromatic carbocycles. The molecule has 0 aliphatic heterocycles. The summed E-state index contributed by atoms with van der Waals surface area (Å²) in [6.45, 7) is 0. The third kappa shape index (κ3) is 3.08. The predicted molar refractivity (Wildman–Crippen MR) is 126 cm³/mol. The van der Waals surface area contributed by atoms with Gasteiger partial charge in [0.15, 0.2) is 0 Å². The van der Waals surface area contributed by atoms with Gasteiger partial charge in [-0.15, -0.1) is 22.7 Å². The Morgan fingerprint density at radius 1 is 0.529 bits per heavy atom. The Morgan fingerprint density at radius 3 is 1.03 bits per heavy atom. The van der Waals surface area contributed by atoms with Crippen molar-refractivity contribution in [1.29, 1.82) is 0 Å². The summed E-state index contributed by atoms with van der Waals surface area (Å²) < 4.78 is 1.74. The monoisotopic (exact) mass is 494 g/mol. The van der Waals surface area contributed by atoms with Gasteiger partial charge in [0.25, 0.3) is 22.2 Å². The average molecular weight is 494 g/mol. The lowest BCUT2D eigenvalue weighted by atomic mass is 10.2. The summed E-state index contributed by atoms with van der Waals surface area (Å²) in [6, 6.07) is 10.3. The number of hydrogen-bond acceptors (Lipinski definition) is 8. The van der Waals surface area contributed by atoms with Gasteiger partial charge in [0.05, 0.1) is 22.5 Å². The number of nitrogens with zero attached hydrogens (tertiary/aromatic N) is 2. The number of aromatic nitrogens is 2. The summed E-state index contributed by atoms with van der Waals surface area (Å²) in [5, 5.41) is 18.1. The molecule has 0 saturated carbocycles. The molecular weight excluding hydrogens is 484 g/mol. The highest BCUT2D eigenvalue weighted by molar-refractivity contribution is 7.36. The number of hydrogen-bond donors (Lipinski definition) is 2. The first-order valence-corrected chi connectivity index (χ1v) is 11.1. The van der Waals surface area contributed by atoms with E-state index in [1.807, 2.05) is 0 Å². The summed E-state index contributed by atoms with van der Waals surface area (Å²) >= 11 is 1.47. The van der Waals surface area contributed by atoms with E-state index in [9.17, 15) is 28.8 Å². The normalized spacial score (nSPS) is 11.3. The van der Waals surface area contributed by atoms with E-state index >= 15 is 0 Å². The molecule has 2 N–H and O–H groups in total. The molecule has 5 rings (SSSR count). The largest absolute Gasteiger partial charge is 0.478 e. The molecule has 0 spiro atoms. The molecule has 34 heavy (non-hydrogen) atoms. The lowest BCUT2D eigenvalue weighted by molar-refractivity contribution is 0.0686. The molecule has 0 atom stereocenters. The van der Waals surface area contributed by atoms with Crippen molar-refractivity contribution in [3.8, 4) is 11.4 Å². The number of fused-ring (bicyclic) bond motifs is 2. The summed E-state index contributed by atoms with van der Waals surface area (Å²) in [6.07, 6.45) is 0. The summed E-state index contributed by atoms with van der Waals surface area (Å²) in [7, 11) is 0. The zero-order chi connectivity index (χ0) is 24.3. The molecule has 0 amide bonds. The number of carbonyl (C=O) groups is 2. The van der Waals surface area contributed by atoms with Crippen LogP contribution < -0.4 is 22.2 Å². The fraction of sp³-hybridized carbons (Fsp3) is 0. The van der Waals surface area contributed by atoms with Crippen LogP contribution in [-0.4, -0.2) is 31.3 Å². The van der Waals surface area contributed by atoms with Crippen molar-refractivity contribution in [1.82, 2.24) is 9.13 Å². The lowest BCUT2D eigenvalue weighted by Crippen LogP contribution is -2.23. The molecule has 168 valence electrons. The molecule has 0 aliphatic carbocycles. The molecule has 10 nitrogen and oxygen atoms in total. The number of carboxylic acids is 2. The molecule has 3 heterocycles. The van der Waals surface area contributed by atoms with Crippen molar-refractivity contribution in [2.24, 2.45) is 0 Å². The van der Waals surface area contributed by atoms with E-state index in [4.69, 9.17) is 10.2 Å². The van der Waals surface area contributed by atoms with E-state index in [1.165, 1.54) is 48.5 Å². The van der Waals surface area contributed by atoms with E-state index in [0.717, 1.165) is 31.8 Å². The van der Waals surface area contributed by atoms with Crippen LogP contribution in [0.25, 0.3) is 30.2 Å². The molecular formula is C22H10N2O8S2. The maximum atomic E-state index is 13.0. The minimum Gasteiger partial charge on any atom is -0.478 e. The van der Waals surface area contributed by atoms with Crippen LogP contribution in [0.5, 0.6) is 0 Å². The van der Waals surface area contributed by atoms with Gasteiger partial charge >= 0.3 is 11.9 Å². The third-order valence-electron chi connectivity index (χ3n) is 5.15. The van der Waals surface area contributed by atoms with Gasteiger partial charge in [-0.25, -0.2) is 18.7 Å². The van der Waals surface area contributed by atoms with E-state index in [0.29, 0.717) is 0 Å². The Kier molecular flexibility index (Phi) is 4.77. The molecule has 12 heteroatoms. The molecule has 0 radical (unpaired) electrons. The Morgan fingerprint density at radius 2 is 0.794 bits per heavy atom. The van der Waals surface area contributed by atoms with E-state index in [1.54, 1.807) is 0 Å². The highest BCUT2D eigenvalue weighted by Gasteiger charge is 2.23. The third-order valence-corrected chi connectivity index (χ3v) is 7.74. The van der Waals surface area contributed by atoms with Crippen molar-refractivity contribution in [2.75, 3.05) is 0 Å². The zero-order valence-corrected chi connectivity index (χ0v) is 18.3. The first kappa shape index (κ1) is 21.4. The number of carboxylic acid groups (broad SMARTS) is 2. The SMILES string of the molecule is O=C(O)c1ccc(-n2c(=O)c3sc4c(=O)n(-c5ccc(C(=O)O)cc5)c(=O)c4sc3c2=O)cc1. The number of aromatic carboxylic acids is 2. The van der Waals surface area contributed by atoms with Gasteiger partial charge in [-0.05, 0) is 48.5 Å². The Hall–Kier alpha value is -4.42. The molecule has 5 aromatic rings. The summed E-state index contributed by atoms with van der Waals surface area (Å²) in [4.78, 5) is 74.1. The maximum absolute atomic E-state index is 13.0. The minimum absolute atomic E-state index is 0.000265. The van der Waals surface area contributed by atoms with E-state index in [-0.39, 0.29) is 41.3 Å². The van der Waals surface area contributed by atoms with Crippen molar-refractivity contribution < 1.29 is 19.8 Å². The highest BCUT2D eigenvalue weighted by atomic mass is 32.1. The zero-order valence-electron chi connectivity index (χ0n) is 16.7. The van der Waals surface area contributed by atoms with Crippen molar-refractivity contribution in [3.63, 3.8) is 0 Å². The fourth-order valence-electron chi connectivity index (χ4n) is 3.52. The van der Waals surface area contributed by atoms with E-state index < -0.39 is 34.2 Å². The van der Waals surface area contributed by atoms with Crippen LogP contribution in [0, 0.1) is 0 Å². The van der Waals surface area contributed by atoms with Crippen molar-refractivity contribution in [2.45, 2.75) is 0 Å². The first-order chi connectivity index (χ1) is 16.2. The van der Waals surface area contributed by atoms with Gasteiger partial charge in [-0.1, -0.05) is 0 Å². The fourth-order valence-corrected chi connectivity index (χ4v) is 5.86. The summed E-state index contributed by atoms with van der Waals surface area (Å²) in [5.74, 6) is -2.32. The van der Waals surface area contributed by atoms with Crippen LogP contribution in [-0.2, 0) is 0 Å². The first-order valence-electron chi connectivity index (χ1n) is 9.47. The molecule has 0 bridgehead atoms.